The predicted molar refractivity (Wildman–Crippen MR) is 96.8 cm³/mol. The van der Waals surface area contributed by atoms with Gasteiger partial charge in [0.15, 0.2) is 0 Å². The number of aromatic nitrogens is 5. The fourth-order valence-electron chi connectivity index (χ4n) is 3.17. The van der Waals surface area contributed by atoms with E-state index in [9.17, 15) is 9.59 Å². The van der Waals surface area contributed by atoms with Gasteiger partial charge in [-0.1, -0.05) is 0 Å². The molecule has 1 aliphatic carbocycles. The highest BCUT2D eigenvalue weighted by Gasteiger charge is 2.28. The molecule has 1 fully saturated rings. The number of nitrogens with zero attached hydrogens (tertiary/aromatic N) is 5. The number of nitrogens with one attached hydrogen (secondary N) is 2. The second-order valence-electron chi connectivity index (χ2n) is 6.48. The Morgan fingerprint density at radius 1 is 1.18 bits per heavy atom. The molecule has 11 heteroatoms. The molecule has 0 unspecified atom stereocenters. The summed E-state index contributed by atoms with van der Waals surface area (Å²) in [6, 6.07) is 3.24. The van der Waals surface area contributed by atoms with Crippen LogP contribution in [0, 0.1) is 0 Å². The van der Waals surface area contributed by atoms with E-state index in [1.54, 1.807) is 12.1 Å². The molecule has 0 bridgehead atoms. The summed E-state index contributed by atoms with van der Waals surface area (Å²) in [6.45, 7) is 0.427. The van der Waals surface area contributed by atoms with Gasteiger partial charge in [-0.3, -0.25) is 9.59 Å². The largest absolute Gasteiger partial charge is 0.481 e. The first kappa shape index (κ1) is 19.5. The second kappa shape index (κ2) is 9.11. The van der Waals surface area contributed by atoms with Crippen LogP contribution >= 0.6 is 0 Å². The molecule has 28 heavy (non-hydrogen) atoms. The van der Waals surface area contributed by atoms with Crippen molar-refractivity contribution in [3.05, 3.63) is 24.0 Å². The van der Waals surface area contributed by atoms with Gasteiger partial charge < -0.3 is 20.1 Å². The minimum absolute atomic E-state index is 0.0240. The molecule has 3 rings (SSSR count). The Morgan fingerprint density at radius 3 is 2.64 bits per heavy atom. The van der Waals surface area contributed by atoms with E-state index in [0.29, 0.717) is 30.8 Å². The molecular formula is C17H23N7O4. The van der Waals surface area contributed by atoms with Crippen LogP contribution in [0.25, 0.3) is 0 Å². The second-order valence-corrected chi connectivity index (χ2v) is 6.48. The SMILES string of the molecule is COc1ccc(C(=O)N[C@H]2CC[C@@H](NC(=O)CCn3cnnn3)C2)c(OC)n1. The van der Waals surface area contributed by atoms with E-state index < -0.39 is 0 Å². The van der Waals surface area contributed by atoms with Crippen LogP contribution in [0.15, 0.2) is 18.5 Å². The van der Waals surface area contributed by atoms with Crippen molar-refractivity contribution in [2.24, 2.45) is 0 Å². The highest BCUT2D eigenvalue weighted by molar-refractivity contribution is 5.96. The minimum atomic E-state index is -0.261. The molecule has 0 spiro atoms. The van der Waals surface area contributed by atoms with Gasteiger partial charge in [0.1, 0.15) is 11.9 Å². The highest BCUT2D eigenvalue weighted by Crippen LogP contribution is 2.23. The summed E-state index contributed by atoms with van der Waals surface area (Å²) in [5.74, 6) is 0.261. The number of methoxy groups -OCH3 is 2. The molecule has 2 aromatic heterocycles. The monoisotopic (exact) mass is 389 g/mol. The summed E-state index contributed by atoms with van der Waals surface area (Å²) >= 11 is 0. The summed E-state index contributed by atoms with van der Waals surface area (Å²) in [6.07, 6.45) is 4.04. The molecule has 0 aromatic carbocycles. The molecule has 150 valence electrons. The van der Waals surface area contributed by atoms with E-state index in [-0.39, 0.29) is 29.8 Å². The number of pyridine rings is 1. The maximum Gasteiger partial charge on any atom is 0.256 e. The maximum atomic E-state index is 12.6. The quantitative estimate of drug-likeness (QED) is 0.642. The Labute approximate surface area is 161 Å². The van der Waals surface area contributed by atoms with Crippen molar-refractivity contribution < 1.29 is 19.1 Å². The van der Waals surface area contributed by atoms with E-state index in [1.807, 2.05) is 0 Å². The number of ether oxygens (including phenoxy) is 2. The van der Waals surface area contributed by atoms with E-state index in [4.69, 9.17) is 9.47 Å². The van der Waals surface area contributed by atoms with Crippen LogP contribution in [0.1, 0.15) is 36.0 Å². The van der Waals surface area contributed by atoms with Crippen LogP contribution in [0.3, 0.4) is 0 Å². The van der Waals surface area contributed by atoms with E-state index in [2.05, 4.69) is 31.1 Å². The Morgan fingerprint density at radius 2 is 1.96 bits per heavy atom. The Bertz CT molecular complexity index is 812. The van der Waals surface area contributed by atoms with E-state index >= 15 is 0 Å². The standard InChI is InChI=1S/C17H23N7O4/c1-27-15-6-5-13(17(21-15)28-2)16(26)20-12-4-3-11(9-12)19-14(25)7-8-24-10-18-22-23-24/h5-6,10-12H,3-4,7-9H2,1-2H3,(H,19,25)(H,20,26)/t11-,12+/m1/s1. The molecule has 2 aromatic rings. The average molecular weight is 389 g/mol. The minimum Gasteiger partial charge on any atom is -0.481 e. The zero-order valence-corrected chi connectivity index (χ0v) is 15.8. The molecule has 1 aliphatic rings. The van der Waals surface area contributed by atoms with Gasteiger partial charge in [-0.2, -0.15) is 4.98 Å². The zero-order chi connectivity index (χ0) is 19.9. The number of amides is 2. The molecule has 0 radical (unpaired) electrons. The Hall–Kier alpha value is -3.24. The molecule has 11 nitrogen and oxygen atoms in total. The summed E-state index contributed by atoms with van der Waals surface area (Å²) in [5.41, 5.74) is 0.345. The summed E-state index contributed by atoms with van der Waals surface area (Å²) in [5, 5.41) is 16.8. The van der Waals surface area contributed by atoms with Crippen molar-refractivity contribution in [3.63, 3.8) is 0 Å². The predicted octanol–water partition coefficient (Wildman–Crippen LogP) is -0.0573. The third kappa shape index (κ3) is 4.93. The van der Waals surface area contributed by atoms with Gasteiger partial charge in [0.05, 0.1) is 20.8 Å². The lowest BCUT2D eigenvalue weighted by molar-refractivity contribution is -0.122. The highest BCUT2D eigenvalue weighted by atomic mass is 16.5. The van der Waals surface area contributed by atoms with Crippen molar-refractivity contribution in [1.82, 2.24) is 35.8 Å². The van der Waals surface area contributed by atoms with Gasteiger partial charge in [0.25, 0.3) is 5.91 Å². The molecule has 2 heterocycles. The lowest BCUT2D eigenvalue weighted by Crippen LogP contribution is -2.37. The topological polar surface area (TPSA) is 133 Å². The number of hydrogen-bond acceptors (Lipinski definition) is 8. The summed E-state index contributed by atoms with van der Waals surface area (Å²) in [4.78, 5) is 28.8. The third-order valence-corrected chi connectivity index (χ3v) is 4.57. The van der Waals surface area contributed by atoms with Crippen molar-refractivity contribution >= 4 is 11.8 Å². The van der Waals surface area contributed by atoms with Gasteiger partial charge in [-0.05, 0) is 35.8 Å². The number of rotatable bonds is 8. The first-order chi connectivity index (χ1) is 13.6. The number of carbonyl (C=O) groups is 2. The van der Waals surface area contributed by atoms with Gasteiger partial charge in [0.2, 0.25) is 17.7 Å². The number of carbonyl (C=O) groups excluding carboxylic acids is 2. The van der Waals surface area contributed by atoms with Crippen LogP contribution in [-0.2, 0) is 11.3 Å². The smallest absolute Gasteiger partial charge is 0.256 e. The van der Waals surface area contributed by atoms with Crippen LogP contribution in [-0.4, -0.2) is 63.3 Å². The maximum absolute atomic E-state index is 12.6. The lowest BCUT2D eigenvalue weighted by atomic mass is 10.2. The Kier molecular flexibility index (Phi) is 6.35. The Balaban J connectivity index is 1.47. The van der Waals surface area contributed by atoms with Crippen LogP contribution < -0.4 is 20.1 Å². The first-order valence-corrected chi connectivity index (χ1v) is 8.99. The first-order valence-electron chi connectivity index (χ1n) is 8.99. The van der Waals surface area contributed by atoms with Gasteiger partial charge in [-0.15, -0.1) is 5.10 Å². The molecule has 2 atom stereocenters. The normalized spacial score (nSPS) is 18.5. The van der Waals surface area contributed by atoms with Gasteiger partial charge in [0, 0.05) is 24.6 Å². The van der Waals surface area contributed by atoms with Crippen LogP contribution in [0.2, 0.25) is 0 Å². The fraction of sp³-hybridized carbons (Fsp3) is 0.529. The van der Waals surface area contributed by atoms with Crippen molar-refractivity contribution in [1.29, 1.82) is 0 Å². The number of aryl methyl sites for hydroxylation is 1. The van der Waals surface area contributed by atoms with Crippen molar-refractivity contribution in [2.75, 3.05) is 14.2 Å². The van der Waals surface area contributed by atoms with Crippen molar-refractivity contribution in [3.8, 4) is 11.8 Å². The molecule has 0 saturated heterocycles. The molecule has 2 amide bonds. The summed E-state index contributed by atoms with van der Waals surface area (Å²) in [7, 11) is 2.95. The van der Waals surface area contributed by atoms with Crippen molar-refractivity contribution in [2.45, 2.75) is 44.3 Å². The van der Waals surface area contributed by atoms with E-state index in [1.165, 1.54) is 25.2 Å². The van der Waals surface area contributed by atoms with Gasteiger partial charge in [-0.25, -0.2) is 4.68 Å². The molecule has 1 saturated carbocycles. The molecule has 2 N–H and O–H groups in total. The zero-order valence-electron chi connectivity index (χ0n) is 15.8. The fourth-order valence-corrected chi connectivity index (χ4v) is 3.17. The summed E-state index contributed by atoms with van der Waals surface area (Å²) < 4.78 is 11.7. The number of tetrazole rings is 1. The molecule has 0 aliphatic heterocycles. The van der Waals surface area contributed by atoms with Crippen LogP contribution in [0.4, 0.5) is 0 Å². The van der Waals surface area contributed by atoms with Crippen LogP contribution in [0.5, 0.6) is 11.8 Å². The van der Waals surface area contributed by atoms with Gasteiger partial charge >= 0.3 is 0 Å². The molecular weight excluding hydrogens is 366 g/mol. The third-order valence-electron chi connectivity index (χ3n) is 4.57. The lowest BCUT2D eigenvalue weighted by Gasteiger charge is -2.16. The van der Waals surface area contributed by atoms with E-state index in [0.717, 1.165) is 12.8 Å². The number of hydrogen-bond donors (Lipinski definition) is 2. The average Bonchev–Trinajstić information content (AvgIpc) is 3.37.